The molecule has 1 aromatic rings. The Kier molecular flexibility index (Phi) is 9.20. The van der Waals surface area contributed by atoms with E-state index in [0.717, 1.165) is 32.2 Å². The van der Waals surface area contributed by atoms with E-state index in [1.807, 2.05) is 13.8 Å². The lowest BCUT2D eigenvalue weighted by atomic mass is 9.95. The van der Waals surface area contributed by atoms with Crippen LogP contribution in [0.1, 0.15) is 39.5 Å². The third kappa shape index (κ3) is 7.17. The molecule has 0 bridgehead atoms. The van der Waals surface area contributed by atoms with Gasteiger partial charge in [-0.05, 0) is 37.6 Å². The van der Waals surface area contributed by atoms with Gasteiger partial charge < -0.3 is 10.6 Å². The molecule has 3 atom stereocenters. The SMILES string of the molecule is CCNC(=NCCNS(=O)(=O)c1cccs1)NC1CCCC(S(=O)CC)C1. The quantitative estimate of drug-likeness (QED) is 0.312. The van der Waals surface area contributed by atoms with Crippen molar-refractivity contribution in [3.63, 3.8) is 0 Å². The molecule has 3 N–H and O–H groups in total. The van der Waals surface area contributed by atoms with E-state index in [4.69, 9.17) is 0 Å². The summed E-state index contributed by atoms with van der Waals surface area (Å²) in [5, 5.41) is 8.61. The lowest BCUT2D eigenvalue weighted by Gasteiger charge is -2.30. The van der Waals surface area contributed by atoms with Crippen LogP contribution in [0.3, 0.4) is 0 Å². The van der Waals surface area contributed by atoms with Crippen molar-refractivity contribution in [1.29, 1.82) is 0 Å². The van der Waals surface area contributed by atoms with Gasteiger partial charge in [-0.15, -0.1) is 11.3 Å². The zero-order valence-electron chi connectivity index (χ0n) is 15.9. The van der Waals surface area contributed by atoms with Crippen LogP contribution in [0.5, 0.6) is 0 Å². The molecule has 0 saturated heterocycles. The lowest BCUT2D eigenvalue weighted by molar-refractivity contribution is 0.413. The minimum absolute atomic E-state index is 0.240. The minimum atomic E-state index is -3.45. The van der Waals surface area contributed by atoms with Gasteiger partial charge in [0.2, 0.25) is 10.0 Å². The number of thiophene rings is 1. The molecule has 27 heavy (non-hydrogen) atoms. The molecule has 1 aromatic heterocycles. The molecule has 154 valence electrons. The highest BCUT2D eigenvalue weighted by Crippen LogP contribution is 2.23. The van der Waals surface area contributed by atoms with E-state index in [0.29, 0.717) is 22.5 Å². The normalized spacial score (nSPS) is 22.4. The standard InChI is InChI=1S/C17H30N4O3S3/c1-3-18-17(21-14-7-5-8-15(13-14)26(22)4-2)19-10-11-20-27(23,24)16-9-6-12-25-16/h6,9,12,14-15,20H,3-5,7-8,10-11,13H2,1-2H3,(H2,18,19,21). The Morgan fingerprint density at radius 1 is 1.37 bits per heavy atom. The molecule has 1 aliphatic rings. The summed E-state index contributed by atoms with van der Waals surface area (Å²) in [6.07, 6.45) is 4.01. The number of nitrogens with one attached hydrogen (secondary N) is 3. The second-order valence-electron chi connectivity index (χ2n) is 6.39. The fourth-order valence-corrected chi connectivity index (χ4v) is 6.51. The first-order chi connectivity index (χ1) is 13.0. The second-order valence-corrected chi connectivity index (χ2v) is 11.3. The molecule has 1 fully saturated rings. The van der Waals surface area contributed by atoms with Gasteiger partial charge in [0.25, 0.3) is 0 Å². The van der Waals surface area contributed by atoms with Gasteiger partial charge in [-0.2, -0.15) is 0 Å². The predicted octanol–water partition coefficient (Wildman–Crippen LogP) is 1.66. The number of hydrogen-bond donors (Lipinski definition) is 3. The topological polar surface area (TPSA) is 99.7 Å². The Labute approximate surface area is 168 Å². The first-order valence-electron chi connectivity index (χ1n) is 9.41. The maximum Gasteiger partial charge on any atom is 0.250 e. The van der Waals surface area contributed by atoms with Gasteiger partial charge in [-0.1, -0.05) is 19.4 Å². The molecule has 0 aromatic carbocycles. The first kappa shape index (κ1) is 22.3. The lowest BCUT2D eigenvalue weighted by Crippen LogP contribution is -2.47. The average molecular weight is 435 g/mol. The average Bonchev–Trinajstić information content (AvgIpc) is 3.20. The van der Waals surface area contributed by atoms with Crippen LogP contribution < -0.4 is 15.4 Å². The molecule has 0 spiro atoms. The summed E-state index contributed by atoms with van der Waals surface area (Å²) in [6, 6.07) is 3.55. The van der Waals surface area contributed by atoms with Crippen LogP contribution in [-0.4, -0.2) is 55.3 Å². The number of aliphatic imine (C=N–C) groups is 1. The van der Waals surface area contributed by atoms with Gasteiger partial charge in [0.15, 0.2) is 5.96 Å². The minimum Gasteiger partial charge on any atom is -0.357 e. The number of rotatable bonds is 9. The fraction of sp³-hybridized carbons (Fsp3) is 0.706. The smallest absolute Gasteiger partial charge is 0.250 e. The van der Waals surface area contributed by atoms with Crippen molar-refractivity contribution in [2.24, 2.45) is 4.99 Å². The van der Waals surface area contributed by atoms with Crippen molar-refractivity contribution in [1.82, 2.24) is 15.4 Å². The summed E-state index contributed by atoms with van der Waals surface area (Å²) in [7, 11) is -4.21. The zero-order valence-corrected chi connectivity index (χ0v) is 18.4. The van der Waals surface area contributed by atoms with Gasteiger partial charge in [-0.3, -0.25) is 9.20 Å². The van der Waals surface area contributed by atoms with Crippen LogP contribution in [0.4, 0.5) is 0 Å². The molecule has 0 radical (unpaired) electrons. The van der Waals surface area contributed by atoms with E-state index in [-0.39, 0.29) is 17.8 Å². The molecular weight excluding hydrogens is 404 g/mol. The molecule has 2 rings (SSSR count). The van der Waals surface area contributed by atoms with E-state index in [1.54, 1.807) is 17.5 Å². The molecule has 1 heterocycles. The summed E-state index contributed by atoms with van der Waals surface area (Å²) >= 11 is 1.19. The van der Waals surface area contributed by atoms with Crippen LogP contribution in [-0.2, 0) is 20.8 Å². The summed E-state index contributed by atoms with van der Waals surface area (Å²) in [6.45, 7) is 5.27. The number of guanidine groups is 1. The fourth-order valence-electron chi connectivity index (χ4n) is 3.10. The summed E-state index contributed by atoms with van der Waals surface area (Å²) in [5.41, 5.74) is 0. The summed E-state index contributed by atoms with van der Waals surface area (Å²) in [4.78, 5) is 4.48. The van der Waals surface area contributed by atoms with Crippen LogP contribution in [0.25, 0.3) is 0 Å². The third-order valence-corrected chi connectivity index (χ3v) is 9.00. The largest absolute Gasteiger partial charge is 0.357 e. The van der Waals surface area contributed by atoms with E-state index >= 15 is 0 Å². The van der Waals surface area contributed by atoms with Crippen LogP contribution in [0.15, 0.2) is 26.7 Å². The van der Waals surface area contributed by atoms with Gasteiger partial charge in [-0.25, -0.2) is 13.1 Å². The van der Waals surface area contributed by atoms with E-state index in [2.05, 4.69) is 20.3 Å². The molecular formula is C17H30N4O3S3. The highest BCUT2D eigenvalue weighted by molar-refractivity contribution is 7.91. The number of hydrogen-bond acceptors (Lipinski definition) is 5. The van der Waals surface area contributed by atoms with Crippen molar-refractivity contribution in [2.75, 3.05) is 25.4 Å². The van der Waals surface area contributed by atoms with Gasteiger partial charge in [0.05, 0.1) is 6.54 Å². The zero-order chi connectivity index (χ0) is 19.7. The monoisotopic (exact) mass is 434 g/mol. The Morgan fingerprint density at radius 3 is 2.85 bits per heavy atom. The maximum atomic E-state index is 12.1. The summed E-state index contributed by atoms with van der Waals surface area (Å²) in [5.74, 6) is 1.39. The molecule has 0 aliphatic heterocycles. The Hall–Kier alpha value is -0.970. The predicted molar refractivity (Wildman–Crippen MR) is 113 cm³/mol. The molecule has 0 amide bonds. The maximum absolute atomic E-state index is 12.1. The number of sulfonamides is 1. The second kappa shape index (κ2) is 11.1. The summed E-state index contributed by atoms with van der Waals surface area (Å²) < 4.78 is 39.2. The van der Waals surface area contributed by atoms with E-state index < -0.39 is 20.8 Å². The van der Waals surface area contributed by atoms with Crippen molar-refractivity contribution >= 4 is 38.1 Å². The van der Waals surface area contributed by atoms with Crippen molar-refractivity contribution in [2.45, 2.75) is 55.0 Å². The number of nitrogens with zero attached hydrogens (tertiary/aromatic N) is 1. The molecule has 3 unspecified atom stereocenters. The molecule has 1 saturated carbocycles. The van der Waals surface area contributed by atoms with Crippen LogP contribution >= 0.6 is 11.3 Å². The van der Waals surface area contributed by atoms with Gasteiger partial charge in [0, 0.05) is 40.9 Å². The Balaban J connectivity index is 1.85. The van der Waals surface area contributed by atoms with Crippen molar-refractivity contribution in [3.8, 4) is 0 Å². The molecule has 1 aliphatic carbocycles. The van der Waals surface area contributed by atoms with Crippen LogP contribution in [0, 0.1) is 0 Å². The van der Waals surface area contributed by atoms with E-state index in [9.17, 15) is 12.6 Å². The highest BCUT2D eigenvalue weighted by atomic mass is 32.2. The van der Waals surface area contributed by atoms with E-state index in [1.165, 1.54) is 11.3 Å². The Bertz CT molecular complexity index is 720. The van der Waals surface area contributed by atoms with Gasteiger partial charge >= 0.3 is 0 Å². The third-order valence-electron chi connectivity index (χ3n) is 4.40. The molecule has 7 nitrogen and oxygen atoms in total. The highest BCUT2D eigenvalue weighted by Gasteiger charge is 2.26. The van der Waals surface area contributed by atoms with Crippen molar-refractivity contribution < 1.29 is 12.6 Å². The van der Waals surface area contributed by atoms with Gasteiger partial charge in [0.1, 0.15) is 4.21 Å². The Morgan fingerprint density at radius 2 is 2.19 bits per heavy atom. The first-order valence-corrected chi connectivity index (χ1v) is 13.2. The van der Waals surface area contributed by atoms with Crippen molar-refractivity contribution in [3.05, 3.63) is 17.5 Å². The molecule has 10 heteroatoms. The van der Waals surface area contributed by atoms with Crippen LogP contribution in [0.2, 0.25) is 0 Å².